The van der Waals surface area contributed by atoms with Crippen LogP contribution in [0.5, 0.6) is 0 Å². The number of rotatable bonds is 15. The van der Waals surface area contributed by atoms with Gasteiger partial charge >= 0.3 is 0 Å². The summed E-state index contributed by atoms with van der Waals surface area (Å²) in [6.07, 6.45) is -9.41. The second kappa shape index (κ2) is 17.2. The normalized spacial score (nSPS) is 30.0. The molecule has 2 N–H and O–H groups in total. The minimum absolute atomic E-state index is 0.151. The van der Waals surface area contributed by atoms with Crippen molar-refractivity contribution in [2.75, 3.05) is 6.61 Å². The number of aliphatic hydroxyl groups excluding tert-OH is 2. The van der Waals surface area contributed by atoms with Gasteiger partial charge in [0, 0.05) is 0 Å². The highest BCUT2D eigenvalue weighted by atomic mass is 28.4. The Bertz CT molecular complexity index is 1540. The molecule has 11 nitrogen and oxygen atoms in total. The van der Waals surface area contributed by atoms with E-state index >= 15 is 0 Å². The van der Waals surface area contributed by atoms with E-state index in [4.69, 9.17) is 42.0 Å². The van der Waals surface area contributed by atoms with Crippen LogP contribution in [-0.4, -0.2) is 106 Å². The Morgan fingerprint density at radius 1 is 0.696 bits per heavy atom. The van der Waals surface area contributed by atoms with E-state index in [1.807, 2.05) is 88.4 Å². The number of hydrogen-bond donors (Lipinski definition) is 2. The van der Waals surface area contributed by atoms with Gasteiger partial charge in [-0.25, -0.2) is 0 Å². The Kier molecular flexibility index (Phi) is 14.0. The first-order valence-corrected chi connectivity index (χ1v) is 26.0. The molecule has 1 unspecified atom stereocenters. The molecule has 0 spiro atoms. The van der Waals surface area contributed by atoms with Crippen molar-refractivity contribution in [3.8, 4) is 0 Å². The van der Waals surface area contributed by atoms with Gasteiger partial charge in [-0.2, -0.15) is 0 Å². The summed E-state index contributed by atoms with van der Waals surface area (Å²) in [6.45, 7) is 29.6. The average Bonchev–Trinajstić information content (AvgIpc) is 3.72. The van der Waals surface area contributed by atoms with E-state index in [2.05, 4.69) is 67.7 Å². The highest BCUT2D eigenvalue weighted by Crippen LogP contribution is 2.45. The molecule has 3 heterocycles. The van der Waals surface area contributed by atoms with Crippen molar-refractivity contribution in [2.24, 2.45) is 0 Å². The molecule has 3 saturated heterocycles. The molecular formula is C43H70O11Si2. The van der Waals surface area contributed by atoms with Gasteiger partial charge in [0.05, 0.1) is 19.8 Å². The van der Waals surface area contributed by atoms with E-state index in [1.54, 1.807) is 0 Å². The molecule has 0 radical (unpaired) electrons. The number of ether oxygens (including phenoxy) is 7. The lowest BCUT2D eigenvalue weighted by molar-refractivity contribution is -0.218. The summed E-state index contributed by atoms with van der Waals surface area (Å²) in [5, 5.41) is 24.3. The fourth-order valence-corrected chi connectivity index (χ4v) is 9.54. The van der Waals surface area contributed by atoms with Crippen LogP contribution in [0.2, 0.25) is 36.3 Å². The number of hydrogen-bond acceptors (Lipinski definition) is 11. The zero-order chi connectivity index (χ0) is 41.5. The maximum absolute atomic E-state index is 12.9. The maximum Gasteiger partial charge on any atom is 0.192 e. The van der Waals surface area contributed by atoms with E-state index in [1.165, 1.54) is 0 Å². The second-order valence-electron chi connectivity index (χ2n) is 19.6. The van der Waals surface area contributed by atoms with Crippen LogP contribution in [0.4, 0.5) is 0 Å². The molecule has 56 heavy (non-hydrogen) atoms. The quantitative estimate of drug-likeness (QED) is 0.172. The maximum atomic E-state index is 12.9. The molecule has 0 amide bonds. The van der Waals surface area contributed by atoms with Crippen molar-refractivity contribution in [3.63, 3.8) is 0 Å². The number of benzene rings is 2. The zero-order valence-corrected chi connectivity index (χ0v) is 38.2. The molecule has 316 valence electrons. The van der Waals surface area contributed by atoms with Gasteiger partial charge in [-0.15, -0.1) is 0 Å². The van der Waals surface area contributed by atoms with Gasteiger partial charge in [0.1, 0.15) is 54.9 Å². The molecule has 0 bridgehead atoms. The van der Waals surface area contributed by atoms with Crippen LogP contribution in [0.25, 0.3) is 0 Å². The molecule has 10 atom stereocenters. The summed E-state index contributed by atoms with van der Waals surface area (Å²) < 4.78 is 59.9. The molecule has 2 aromatic rings. The molecular weight excluding hydrogens is 749 g/mol. The third-order valence-electron chi connectivity index (χ3n) is 12.2. The molecule has 0 aliphatic carbocycles. The monoisotopic (exact) mass is 818 g/mol. The molecule has 3 aliphatic heterocycles. The third-order valence-corrected chi connectivity index (χ3v) is 21.1. The lowest BCUT2D eigenvalue weighted by Gasteiger charge is -2.45. The molecule has 0 aromatic heterocycles. The minimum atomic E-state index is -2.54. The Balaban J connectivity index is 1.60. The molecule has 5 rings (SSSR count). The van der Waals surface area contributed by atoms with E-state index in [9.17, 15) is 10.2 Å². The van der Waals surface area contributed by atoms with Gasteiger partial charge in [-0.3, -0.25) is 0 Å². The predicted molar refractivity (Wildman–Crippen MR) is 220 cm³/mol. The summed E-state index contributed by atoms with van der Waals surface area (Å²) in [5.74, 6) is -1.85. The van der Waals surface area contributed by atoms with Crippen molar-refractivity contribution < 1.29 is 52.2 Å². The summed E-state index contributed by atoms with van der Waals surface area (Å²) in [5.41, 5.74) is 1.83. The standard InChI is InChI=1S/C43H70O11Si2/c1-40(2,3)55(11,12)53-37-34(49-39(45)38(37)54-56(13,14)41(4,5)6)31(44)33(46-25-28-21-17-15-18-22-28)35(47-26-29-23-19-16-20-24-29)36-32(51-43(9,10)52-36)30-27-48-42(7,8)50-30/h15-24,30-39,44-45H,25-27H2,1-14H3/t30-,31-,32-,33+,34+,35-,36+,37+,38-,39?/m1/s1. The van der Waals surface area contributed by atoms with Gasteiger partial charge < -0.3 is 52.2 Å². The minimum Gasteiger partial charge on any atom is -0.408 e. The fraction of sp³-hybridized carbons (Fsp3) is 0.721. The molecule has 3 aliphatic rings. The van der Waals surface area contributed by atoms with Gasteiger partial charge in [0.15, 0.2) is 34.5 Å². The summed E-state index contributed by atoms with van der Waals surface area (Å²) in [6, 6.07) is 19.6. The van der Waals surface area contributed by atoms with Gasteiger partial charge in [-0.05, 0) is 75.1 Å². The average molecular weight is 819 g/mol. The first-order valence-electron chi connectivity index (χ1n) is 20.2. The highest BCUT2D eigenvalue weighted by Gasteiger charge is 2.60. The zero-order valence-electron chi connectivity index (χ0n) is 36.2. The Hall–Kier alpha value is -1.57. The van der Waals surface area contributed by atoms with Crippen LogP contribution in [-0.2, 0) is 55.2 Å². The van der Waals surface area contributed by atoms with Crippen LogP contribution in [0.1, 0.15) is 80.4 Å². The summed E-state index contributed by atoms with van der Waals surface area (Å²) in [4.78, 5) is 0. The summed E-state index contributed by atoms with van der Waals surface area (Å²) in [7, 11) is -5.02. The lowest BCUT2D eigenvalue weighted by atomic mass is 9.92. The number of aliphatic hydroxyl groups is 2. The molecule has 0 saturated carbocycles. The lowest BCUT2D eigenvalue weighted by Crippen LogP contribution is -2.60. The topological polar surface area (TPSA) is 124 Å². The highest BCUT2D eigenvalue weighted by molar-refractivity contribution is 6.74. The van der Waals surface area contributed by atoms with E-state index < -0.39 is 89.4 Å². The largest absolute Gasteiger partial charge is 0.408 e. The molecule has 2 aromatic carbocycles. The van der Waals surface area contributed by atoms with E-state index in [0.717, 1.165) is 11.1 Å². The molecule has 13 heteroatoms. The van der Waals surface area contributed by atoms with Gasteiger partial charge in [0.25, 0.3) is 0 Å². The van der Waals surface area contributed by atoms with Crippen molar-refractivity contribution in [1.29, 1.82) is 0 Å². The van der Waals surface area contributed by atoms with Crippen LogP contribution >= 0.6 is 0 Å². The van der Waals surface area contributed by atoms with Crippen LogP contribution in [0.3, 0.4) is 0 Å². The van der Waals surface area contributed by atoms with Crippen molar-refractivity contribution in [2.45, 2.75) is 192 Å². The van der Waals surface area contributed by atoms with E-state index in [0.29, 0.717) is 0 Å². The Morgan fingerprint density at radius 3 is 1.68 bits per heavy atom. The first kappa shape index (κ1) is 45.5. The SMILES string of the molecule is CC1(C)O[C@H]([C@H](OCc2ccccc2)[C@@H](OCc2ccccc2)[C@@H](O)[C@@H]2OC(O)[C@H](O[Si](C)(C)C(C)(C)C)[C@H]2O[Si](C)(C)C(C)(C)C)[C@@H]([C@H]2COC(C)(C)O2)O1. The van der Waals surface area contributed by atoms with Crippen molar-refractivity contribution in [1.82, 2.24) is 0 Å². The van der Waals surface area contributed by atoms with Gasteiger partial charge in [0.2, 0.25) is 0 Å². The first-order chi connectivity index (χ1) is 25.8. The van der Waals surface area contributed by atoms with Crippen LogP contribution in [0.15, 0.2) is 60.7 Å². The van der Waals surface area contributed by atoms with Crippen molar-refractivity contribution in [3.05, 3.63) is 71.8 Å². The fourth-order valence-electron chi connectivity index (χ4n) is 6.95. The van der Waals surface area contributed by atoms with Crippen LogP contribution < -0.4 is 0 Å². The predicted octanol–water partition coefficient (Wildman–Crippen LogP) is 7.69. The van der Waals surface area contributed by atoms with Crippen molar-refractivity contribution >= 4 is 16.6 Å². The van der Waals surface area contributed by atoms with E-state index in [-0.39, 0.29) is 29.9 Å². The summed E-state index contributed by atoms with van der Waals surface area (Å²) >= 11 is 0. The smallest absolute Gasteiger partial charge is 0.192 e. The Morgan fingerprint density at radius 2 is 1.20 bits per heavy atom. The second-order valence-corrected chi connectivity index (χ2v) is 29.1. The van der Waals surface area contributed by atoms with Crippen LogP contribution in [0, 0.1) is 0 Å². The third kappa shape index (κ3) is 10.8. The Labute approximate surface area is 337 Å². The molecule has 3 fully saturated rings. The van der Waals surface area contributed by atoms with Gasteiger partial charge in [-0.1, -0.05) is 102 Å².